The van der Waals surface area contributed by atoms with Gasteiger partial charge < -0.3 is 10.4 Å². The maximum absolute atomic E-state index is 9.87. The maximum Gasteiger partial charge on any atom is 0.0883 e. The average Bonchev–Trinajstić information content (AvgIpc) is 2.02. The number of rotatable bonds is 1. The number of aliphatic hydroxyl groups is 1. The van der Waals surface area contributed by atoms with Crippen LogP contribution in [0.3, 0.4) is 0 Å². The molecule has 1 aliphatic heterocycles. The zero-order chi connectivity index (χ0) is 7.73. The normalized spacial score (nSPS) is 32.6. The van der Waals surface area contributed by atoms with Crippen LogP contribution in [0.4, 0.5) is 0 Å². The third-order valence-corrected chi connectivity index (χ3v) is 2.52. The summed E-state index contributed by atoms with van der Waals surface area (Å²) < 4.78 is 0. The van der Waals surface area contributed by atoms with E-state index in [9.17, 15) is 5.11 Å². The van der Waals surface area contributed by atoms with Gasteiger partial charge in [-0.25, -0.2) is 0 Å². The molecule has 1 saturated carbocycles. The molecule has 59 valence electrons. The van der Waals surface area contributed by atoms with Gasteiger partial charge in [0.05, 0.1) is 17.8 Å². The quantitative estimate of drug-likeness (QED) is 0.578. The summed E-state index contributed by atoms with van der Waals surface area (Å²) in [5, 5.41) is 12.9. The fourth-order valence-corrected chi connectivity index (χ4v) is 1.56. The Hall–Kier alpha value is -0.760. The van der Waals surface area contributed by atoms with Crippen LogP contribution >= 0.6 is 0 Å². The summed E-state index contributed by atoms with van der Waals surface area (Å²) in [5.74, 6) is 0. The first-order valence-corrected chi connectivity index (χ1v) is 4.05. The summed E-state index contributed by atoms with van der Waals surface area (Å²) in [6.07, 6.45) is 11.6. The van der Waals surface area contributed by atoms with Crippen LogP contribution < -0.4 is 5.32 Å². The van der Waals surface area contributed by atoms with Gasteiger partial charge >= 0.3 is 0 Å². The molecule has 2 N–H and O–H groups in total. The first-order valence-electron chi connectivity index (χ1n) is 4.05. The zero-order valence-electron chi connectivity index (χ0n) is 6.38. The number of allylic oxidation sites excluding steroid dienone is 2. The number of hydrogen-bond acceptors (Lipinski definition) is 2. The SMILES string of the molecule is OC1(C2C=CC=[C]N2)CCC1. The van der Waals surface area contributed by atoms with Gasteiger partial charge in [0.25, 0.3) is 0 Å². The van der Waals surface area contributed by atoms with Crippen molar-refractivity contribution in [1.29, 1.82) is 0 Å². The maximum atomic E-state index is 9.87. The fourth-order valence-electron chi connectivity index (χ4n) is 1.56. The minimum atomic E-state index is -0.488. The Morgan fingerprint density at radius 3 is 2.82 bits per heavy atom. The molecule has 2 rings (SSSR count). The van der Waals surface area contributed by atoms with E-state index in [2.05, 4.69) is 11.5 Å². The van der Waals surface area contributed by atoms with Crippen molar-refractivity contribution in [2.45, 2.75) is 30.9 Å². The standard InChI is InChI=1S/C9H12NO/c11-9(5-3-6-9)8-4-1-2-7-10-8/h1-2,4,8,10-11H,3,5-6H2. The van der Waals surface area contributed by atoms with Crippen molar-refractivity contribution >= 4 is 0 Å². The van der Waals surface area contributed by atoms with Crippen molar-refractivity contribution in [2.75, 3.05) is 0 Å². The van der Waals surface area contributed by atoms with E-state index in [1.807, 2.05) is 18.2 Å². The Morgan fingerprint density at radius 1 is 1.55 bits per heavy atom. The molecule has 11 heavy (non-hydrogen) atoms. The molecule has 0 amide bonds. The number of hydrogen-bond donors (Lipinski definition) is 2. The van der Waals surface area contributed by atoms with Gasteiger partial charge in [-0.15, -0.1) is 0 Å². The molecular formula is C9H12NO. The van der Waals surface area contributed by atoms with Crippen LogP contribution in [-0.2, 0) is 0 Å². The highest BCUT2D eigenvalue weighted by molar-refractivity contribution is 5.16. The molecule has 1 aliphatic carbocycles. The third-order valence-electron chi connectivity index (χ3n) is 2.52. The van der Waals surface area contributed by atoms with E-state index in [0.717, 1.165) is 19.3 Å². The van der Waals surface area contributed by atoms with Crippen LogP contribution in [0.2, 0.25) is 0 Å². The summed E-state index contributed by atoms with van der Waals surface area (Å²) in [6.45, 7) is 0. The summed E-state index contributed by atoms with van der Waals surface area (Å²) >= 11 is 0. The molecule has 0 aromatic carbocycles. The molecule has 1 radical (unpaired) electrons. The Kier molecular flexibility index (Phi) is 1.50. The smallest absolute Gasteiger partial charge is 0.0883 e. The number of nitrogens with one attached hydrogen (secondary N) is 1. The Morgan fingerprint density at radius 2 is 2.36 bits per heavy atom. The second-order valence-electron chi connectivity index (χ2n) is 3.28. The predicted molar refractivity (Wildman–Crippen MR) is 42.7 cm³/mol. The molecule has 1 fully saturated rings. The van der Waals surface area contributed by atoms with Gasteiger partial charge in [0.2, 0.25) is 0 Å². The highest BCUT2D eigenvalue weighted by atomic mass is 16.3. The molecule has 1 unspecified atom stereocenters. The summed E-state index contributed by atoms with van der Waals surface area (Å²) in [6, 6.07) is 0.0845. The summed E-state index contributed by atoms with van der Waals surface area (Å²) in [7, 11) is 0. The van der Waals surface area contributed by atoms with Gasteiger partial charge in [0, 0.05) is 0 Å². The van der Waals surface area contributed by atoms with E-state index < -0.39 is 5.60 Å². The molecule has 1 heterocycles. The Labute approximate surface area is 66.6 Å². The van der Waals surface area contributed by atoms with Gasteiger partial charge in [-0.2, -0.15) is 0 Å². The van der Waals surface area contributed by atoms with Crippen molar-refractivity contribution in [3.05, 3.63) is 24.4 Å². The molecule has 2 heteroatoms. The lowest BCUT2D eigenvalue weighted by atomic mass is 9.74. The van der Waals surface area contributed by atoms with Crippen molar-refractivity contribution in [3.8, 4) is 0 Å². The van der Waals surface area contributed by atoms with Gasteiger partial charge in [0.15, 0.2) is 0 Å². The topological polar surface area (TPSA) is 32.3 Å². The van der Waals surface area contributed by atoms with Crippen LogP contribution in [0.1, 0.15) is 19.3 Å². The largest absolute Gasteiger partial charge is 0.387 e. The lowest BCUT2D eigenvalue weighted by Gasteiger charge is -2.42. The Bertz CT molecular complexity index is 204. The van der Waals surface area contributed by atoms with Crippen molar-refractivity contribution in [1.82, 2.24) is 5.32 Å². The Balaban J connectivity index is 2.04. The summed E-state index contributed by atoms with van der Waals surface area (Å²) in [5.41, 5.74) is -0.488. The van der Waals surface area contributed by atoms with Crippen molar-refractivity contribution in [2.24, 2.45) is 0 Å². The lowest BCUT2D eigenvalue weighted by Crippen LogP contribution is -2.53. The monoisotopic (exact) mass is 150 g/mol. The van der Waals surface area contributed by atoms with E-state index >= 15 is 0 Å². The van der Waals surface area contributed by atoms with E-state index in [1.165, 1.54) is 0 Å². The first kappa shape index (κ1) is 6.92. The molecule has 0 bridgehead atoms. The molecule has 2 nitrogen and oxygen atoms in total. The van der Waals surface area contributed by atoms with Crippen LogP contribution in [-0.4, -0.2) is 16.7 Å². The van der Waals surface area contributed by atoms with Crippen molar-refractivity contribution in [3.63, 3.8) is 0 Å². The molecule has 0 saturated heterocycles. The molecular weight excluding hydrogens is 138 g/mol. The first-order chi connectivity index (χ1) is 5.31. The van der Waals surface area contributed by atoms with Crippen LogP contribution in [0, 0.1) is 6.20 Å². The van der Waals surface area contributed by atoms with E-state index in [0.29, 0.717) is 0 Å². The fraction of sp³-hybridized carbons (Fsp3) is 0.556. The van der Waals surface area contributed by atoms with E-state index in [1.54, 1.807) is 0 Å². The van der Waals surface area contributed by atoms with E-state index in [4.69, 9.17) is 0 Å². The average molecular weight is 150 g/mol. The lowest BCUT2D eigenvalue weighted by molar-refractivity contribution is -0.0499. The highest BCUT2D eigenvalue weighted by Crippen LogP contribution is 2.35. The van der Waals surface area contributed by atoms with Crippen LogP contribution in [0.25, 0.3) is 0 Å². The highest BCUT2D eigenvalue weighted by Gasteiger charge is 2.40. The molecule has 0 spiro atoms. The van der Waals surface area contributed by atoms with E-state index in [-0.39, 0.29) is 6.04 Å². The predicted octanol–water partition coefficient (Wildman–Crippen LogP) is 0.746. The second-order valence-corrected chi connectivity index (χ2v) is 3.28. The van der Waals surface area contributed by atoms with Gasteiger partial charge in [-0.1, -0.05) is 12.2 Å². The zero-order valence-corrected chi connectivity index (χ0v) is 6.38. The number of dihydropyridines is 1. The molecule has 1 atom stereocenters. The minimum Gasteiger partial charge on any atom is -0.387 e. The minimum absolute atomic E-state index is 0.0845. The second kappa shape index (κ2) is 2.38. The van der Waals surface area contributed by atoms with Gasteiger partial charge in [-0.3, -0.25) is 0 Å². The molecule has 2 aliphatic rings. The van der Waals surface area contributed by atoms with Crippen LogP contribution in [0.5, 0.6) is 0 Å². The van der Waals surface area contributed by atoms with Crippen molar-refractivity contribution < 1.29 is 5.11 Å². The van der Waals surface area contributed by atoms with Crippen LogP contribution in [0.15, 0.2) is 18.2 Å². The molecule has 0 aromatic rings. The third kappa shape index (κ3) is 1.07. The molecule has 0 aromatic heterocycles. The summed E-state index contributed by atoms with van der Waals surface area (Å²) in [4.78, 5) is 0. The van der Waals surface area contributed by atoms with Gasteiger partial charge in [-0.05, 0) is 25.3 Å². The van der Waals surface area contributed by atoms with Gasteiger partial charge in [0.1, 0.15) is 0 Å².